The zero-order valence-corrected chi connectivity index (χ0v) is 15.5. The Kier molecular flexibility index (Phi) is 4.39. The smallest absolute Gasteiger partial charge is 0.141 e. The first kappa shape index (κ1) is 16.7. The van der Waals surface area contributed by atoms with Gasteiger partial charge in [-0.15, -0.1) is 0 Å². The van der Waals surface area contributed by atoms with Crippen LogP contribution in [0.4, 0.5) is 0 Å². The lowest BCUT2D eigenvalue weighted by Gasteiger charge is -2.11. The van der Waals surface area contributed by atoms with Crippen molar-refractivity contribution in [1.29, 1.82) is 0 Å². The van der Waals surface area contributed by atoms with Crippen LogP contribution in [0.3, 0.4) is 0 Å². The Bertz CT molecular complexity index is 1080. The van der Waals surface area contributed by atoms with Crippen molar-refractivity contribution in [2.24, 2.45) is 0 Å². The number of fused-ring (bicyclic) bond motifs is 1. The van der Waals surface area contributed by atoms with Gasteiger partial charge in [-0.2, -0.15) is 0 Å². The minimum Gasteiger partial charge on any atom is -0.497 e. The largest absolute Gasteiger partial charge is 0.497 e. The molecule has 0 atom stereocenters. The third-order valence-electron chi connectivity index (χ3n) is 4.57. The summed E-state index contributed by atoms with van der Waals surface area (Å²) < 4.78 is 7.61. The molecule has 0 aliphatic rings. The normalized spacial score (nSPS) is 11.0. The van der Waals surface area contributed by atoms with Crippen LogP contribution in [0.5, 0.6) is 5.75 Å². The van der Waals surface area contributed by atoms with Crippen LogP contribution in [-0.4, -0.2) is 16.7 Å². The van der Waals surface area contributed by atoms with E-state index in [1.807, 2.05) is 42.5 Å². The fraction of sp³-hybridized carbons (Fsp3) is 0.136. The summed E-state index contributed by atoms with van der Waals surface area (Å²) in [7, 11) is 1.67. The Labute approximate surface area is 157 Å². The first-order valence-electron chi connectivity index (χ1n) is 8.50. The molecule has 1 aromatic heterocycles. The van der Waals surface area contributed by atoms with E-state index in [0.717, 1.165) is 38.8 Å². The van der Waals surface area contributed by atoms with Crippen LogP contribution < -0.4 is 4.74 Å². The number of aryl methyl sites for hydroxylation is 1. The molecule has 0 aliphatic carbocycles. The van der Waals surface area contributed by atoms with Crippen molar-refractivity contribution >= 4 is 22.6 Å². The summed E-state index contributed by atoms with van der Waals surface area (Å²) in [5.41, 5.74) is 5.46. The molecule has 0 saturated heterocycles. The highest BCUT2D eigenvalue weighted by Crippen LogP contribution is 2.30. The summed E-state index contributed by atoms with van der Waals surface area (Å²) in [4.78, 5) is 4.92. The number of imidazole rings is 1. The summed E-state index contributed by atoms with van der Waals surface area (Å²) in [5, 5.41) is 0.742. The maximum atomic E-state index is 6.18. The van der Waals surface area contributed by atoms with Gasteiger partial charge < -0.3 is 9.30 Å². The summed E-state index contributed by atoms with van der Waals surface area (Å²) >= 11 is 6.18. The molecule has 4 rings (SSSR count). The predicted molar refractivity (Wildman–Crippen MR) is 107 cm³/mol. The van der Waals surface area contributed by atoms with Crippen molar-refractivity contribution < 1.29 is 4.74 Å². The van der Waals surface area contributed by atoms with Gasteiger partial charge >= 0.3 is 0 Å². The Morgan fingerprint density at radius 1 is 1.00 bits per heavy atom. The van der Waals surface area contributed by atoms with E-state index in [-0.39, 0.29) is 0 Å². The topological polar surface area (TPSA) is 27.1 Å². The molecular formula is C22H19ClN2O. The van der Waals surface area contributed by atoms with Crippen LogP contribution in [-0.2, 0) is 6.54 Å². The van der Waals surface area contributed by atoms with Crippen LogP contribution in [0, 0.1) is 6.92 Å². The molecular weight excluding hydrogens is 344 g/mol. The van der Waals surface area contributed by atoms with Crippen LogP contribution in [0.15, 0.2) is 66.7 Å². The van der Waals surface area contributed by atoms with Crippen LogP contribution in [0.1, 0.15) is 11.1 Å². The van der Waals surface area contributed by atoms with Crippen molar-refractivity contribution in [2.75, 3.05) is 7.11 Å². The molecule has 0 N–H and O–H groups in total. The molecule has 0 bridgehead atoms. The number of aromatic nitrogens is 2. The molecule has 1 heterocycles. The monoisotopic (exact) mass is 362 g/mol. The molecule has 130 valence electrons. The van der Waals surface area contributed by atoms with Gasteiger partial charge in [-0.3, -0.25) is 0 Å². The number of benzene rings is 3. The van der Waals surface area contributed by atoms with E-state index in [2.05, 4.69) is 35.8 Å². The summed E-state index contributed by atoms with van der Waals surface area (Å²) in [6.45, 7) is 2.81. The van der Waals surface area contributed by atoms with E-state index in [1.54, 1.807) is 7.11 Å². The first-order valence-corrected chi connectivity index (χ1v) is 8.88. The number of ether oxygens (including phenoxy) is 1. The average molecular weight is 363 g/mol. The summed E-state index contributed by atoms with van der Waals surface area (Å²) in [5.74, 6) is 1.76. The van der Waals surface area contributed by atoms with E-state index < -0.39 is 0 Å². The summed E-state index contributed by atoms with van der Waals surface area (Å²) in [6.07, 6.45) is 0. The average Bonchev–Trinajstić information content (AvgIpc) is 2.99. The van der Waals surface area contributed by atoms with Gasteiger partial charge in [0, 0.05) is 23.2 Å². The third-order valence-corrected chi connectivity index (χ3v) is 4.81. The first-order chi connectivity index (χ1) is 12.7. The Balaban J connectivity index is 1.93. The van der Waals surface area contributed by atoms with E-state index in [9.17, 15) is 0 Å². The SMILES string of the molecule is COc1ccc2c(c1)nc(-c1ccccc1C)n2Cc1cccc(Cl)c1. The third kappa shape index (κ3) is 3.06. The number of methoxy groups -OCH3 is 1. The standard InChI is InChI=1S/C22H19ClN2O/c1-15-6-3-4-9-19(15)22-24-20-13-18(26-2)10-11-21(20)25(22)14-16-7-5-8-17(23)12-16/h3-13H,14H2,1-2H3. The highest BCUT2D eigenvalue weighted by atomic mass is 35.5. The maximum absolute atomic E-state index is 6.18. The van der Waals surface area contributed by atoms with E-state index in [4.69, 9.17) is 21.3 Å². The predicted octanol–water partition coefficient (Wildman–Crippen LogP) is 5.72. The Hall–Kier alpha value is -2.78. The number of hydrogen-bond acceptors (Lipinski definition) is 2. The zero-order valence-electron chi connectivity index (χ0n) is 14.7. The molecule has 3 nitrogen and oxygen atoms in total. The quantitative estimate of drug-likeness (QED) is 0.464. The number of halogens is 1. The van der Waals surface area contributed by atoms with Gasteiger partial charge in [0.05, 0.1) is 18.1 Å². The van der Waals surface area contributed by atoms with E-state index in [1.165, 1.54) is 5.56 Å². The molecule has 0 unspecified atom stereocenters. The second-order valence-corrected chi connectivity index (χ2v) is 6.76. The minimum absolute atomic E-state index is 0.701. The number of nitrogens with zero attached hydrogens (tertiary/aromatic N) is 2. The molecule has 26 heavy (non-hydrogen) atoms. The molecule has 0 amide bonds. The lowest BCUT2D eigenvalue weighted by atomic mass is 10.1. The fourth-order valence-corrected chi connectivity index (χ4v) is 3.46. The second-order valence-electron chi connectivity index (χ2n) is 6.32. The Morgan fingerprint density at radius 2 is 1.85 bits per heavy atom. The highest BCUT2D eigenvalue weighted by Gasteiger charge is 2.15. The van der Waals surface area contributed by atoms with E-state index in [0.29, 0.717) is 6.54 Å². The van der Waals surface area contributed by atoms with Crippen LogP contribution in [0.25, 0.3) is 22.4 Å². The molecule has 0 spiro atoms. The Morgan fingerprint density at radius 3 is 2.62 bits per heavy atom. The second kappa shape index (κ2) is 6.85. The fourth-order valence-electron chi connectivity index (χ4n) is 3.24. The van der Waals surface area contributed by atoms with Crippen LogP contribution in [0.2, 0.25) is 5.02 Å². The lowest BCUT2D eigenvalue weighted by molar-refractivity contribution is 0.415. The number of hydrogen-bond donors (Lipinski definition) is 0. The van der Waals surface area contributed by atoms with E-state index >= 15 is 0 Å². The van der Waals surface area contributed by atoms with Crippen molar-refractivity contribution in [2.45, 2.75) is 13.5 Å². The molecule has 0 aliphatic heterocycles. The molecule has 0 fully saturated rings. The maximum Gasteiger partial charge on any atom is 0.141 e. The van der Waals surface area contributed by atoms with Gasteiger partial charge in [-0.05, 0) is 42.3 Å². The van der Waals surface area contributed by atoms with Crippen molar-refractivity contribution in [3.8, 4) is 17.1 Å². The van der Waals surface area contributed by atoms with Crippen molar-refractivity contribution in [3.63, 3.8) is 0 Å². The van der Waals surface area contributed by atoms with Crippen LogP contribution >= 0.6 is 11.6 Å². The van der Waals surface area contributed by atoms with Crippen molar-refractivity contribution in [3.05, 3.63) is 82.9 Å². The molecule has 0 radical (unpaired) electrons. The van der Waals surface area contributed by atoms with Gasteiger partial charge in [0.15, 0.2) is 0 Å². The minimum atomic E-state index is 0.701. The molecule has 4 heteroatoms. The van der Waals surface area contributed by atoms with Gasteiger partial charge in [-0.25, -0.2) is 4.98 Å². The highest BCUT2D eigenvalue weighted by molar-refractivity contribution is 6.30. The van der Waals surface area contributed by atoms with Gasteiger partial charge in [0.1, 0.15) is 11.6 Å². The lowest BCUT2D eigenvalue weighted by Crippen LogP contribution is -2.03. The molecule has 3 aromatic carbocycles. The van der Waals surface area contributed by atoms with Gasteiger partial charge in [0.2, 0.25) is 0 Å². The zero-order chi connectivity index (χ0) is 18.1. The molecule has 4 aromatic rings. The van der Waals surface area contributed by atoms with Crippen molar-refractivity contribution in [1.82, 2.24) is 9.55 Å². The number of rotatable bonds is 4. The molecule has 0 saturated carbocycles. The summed E-state index contributed by atoms with van der Waals surface area (Å²) in [6, 6.07) is 22.3. The van der Waals surface area contributed by atoms with Gasteiger partial charge in [-0.1, -0.05) is 48.0 Å². The van der Waals surface area contributed by atoms with Gasteiger partial charge in [0.25, 0.3) is 0 Å².